The summed E-state index contributed by atoms with van der Waals surface area (Å²) in [5.41, 5.74) is 1.75. The number of benzene rings is 1. The van der Waals surface area contributed by atoms with Gasteiger partial charge in [-0.15, -0.1) is 5.10 Å². The van der Waals surface area contributed by atoms with Crippen molar-refractivity contribution in [2.24, 2.45) is 7.05 Å². The first-order valence-electron chi connectivity index (χ1n) is 7.41. The van der Waals surface area contributed by atoms with Crippen LogP contribution >= 0.6 is 0 Å². The molecule has 3 aromatic rings. The van der Waals surface area contributed by atoms with Crippen molar-refractivity contribution in [1.29, 1.82) is 0 Å². The van der Waals surface area contributed by atoms with E-state index in [1.54, 1.807) is 44.4 Å². The smallest absolute Gasteiger partial charge is 0.310 e. The average molecular weight is 341 g/mol. The zero-order valence-corrected chi connectivity index (χ0v) is 13.5. The van der Waals surface area contributed by atoms with Gasteiger partial charge in [0.1, 0.15) is 0 Å². The quantitative estimate of drug-likeness (QED) is 0.726. The van der Waals surface area contributed by atoms with Crippen molar-refractivity contribution in [2.75, 3.05) is 5.32 Å². The summed E-state index contributed by atoms with van der Waals surface area (Å²) < 4.78 is 6.62. The lowest BCUT2D eigenvalue weighted by Gasteiger charge is -2.08. The summed E-state index contributed by atoms with van der Waals surface area (Å²) in [7, 11) is 1.72. The van der Waals surface area contributed by atoms with Crippen LogP contribution in [0.2, 0.25) is 0 Å². The zero-order chi connectivity index (χ0) is 18.0. The molecule has 0 bridgehead atoms. The topological polar surface area (TPSA) is 123 Å². The molecular formula is C16H15N5O4. The maximum Gasteiger partial charge on any atom is 0.310 e. The highest BCUT2D eigenvalue weighted by Crippen LogP contribution is 2.20. The van der Waals surface area contributed by atoms with E-state index in [-0.39, 0.29) is 5.69 Å². The van der Waals surface area contributed by atoms with Gasteiger partial charge < -0.3 is 14.9 Å². The number of hydrogen-bond donors (Lipinski definition) is 2. The highest BCUT2D eigenvalue weighted by Gasteiger charge is 2.17. The van der Waals surface area contributed by atoms with Crippen LogP contribution < -0.4 is 5.32 Å². The molecule has 1 amide bonds. The van der Waals surface area contributed by atoms with Crippen LogP contribution in [0.4, 0.5) is 5.69 Å². The fraction of sp³-hybridized carbons (Fsp3) is 0.188. The number of anilines is 1. The molecule has 1 unspecified atom stereocenters. The Balaban J connectivity index is 1.70. The summed E-state index contributed by atoms with van der Waals surface area (Å²) in [6, 6.07) is 8.05. The van der Waals surface area contributed by atoms with E-state index in [9.17, 15) is 9.59 Å². The predicted octanol–water partition coefficient (Wildman–Crippen LogP) is 1.91. The van der Waals surface area contributed by atoms with E-state index in [0.29, 0.717) is 22.7 Å². The zero-order valence-electron chi connectivity index (χ0n) is 13.5. The summed E-state index contributed by atoms with van der Waals surface area (Å²) in [6.45, 7) is 1.60. The van der Waals surface area contributed by atoms with E-state index in [1.165, 1.54) is 10.7 Å². The number of aromatic nitrogens is 4. The standard InChI is InChI=1S/C16H15N5O4/c1-9(16(23)24)10-3-5-11(6-4-10)17-15(22)12-7-14(25-19-12)13-8-21(2)20-18-13/h3-9H,1-2H3,(H,17,22)(H,23,24). The number of aryl methyl sites for hydroxylation is 1. The second-order valence-corrected chi connectivity index (χ2v) is 5.49. The van der Waals surface area contributed by atoms with Crippen LogP contribution in [0.25, 0.3) is 11.5 Å². The SMILES string of the molecule is CC(C(=O)O)c1ccc(NC(=O)c2cc(-c3cn(C)nn3)on2)cc1. The Kier molecular flexibility index (Phi) is 4.29. The van der Waals surface area contributed by atoms with Crippen molar-refractivity contribution in [3.05, 3.63) is 47.8 Å². The van der Waals surface area contributed by atoms with Gasteiger partial charge in [0.2, 0.25) is 0 Å². The van der Waals surface area contributed by atoms with E-state index >= 15 is 0 Å². The third-order valence-corrected chi connectivity index (χ3v) is 3.64. The Morgan fingerprint density at radius 1 is 1.28 bits per heavy atom. The molecule has 9 heteroatoms. The number of amides is 1. The van der Waals surface area contributed by atoms with Gasteiger partial charge in [-0.25, -0.2) is 0 Å². The molecule has 25 heavy (non-hydrogen) atoms. The molecule has 3 rings (SSSR count). The van der Waals surface area contributed by atoms with Gasteiger partial charge in [-0.1, -0.05) is 22.5 Å². The third-order valence-electron chi connectivity index (χ3n) is 3.64. The Labute approximate surface area is 142 Å². The maximum atomic E-state index is 12.2. The highest BCUT2D eigenvalue weighted by molar-refractivity contribution is 6.03. The van der Waals surface area contributed by atoms with Crippen LogP contribution in [-0.4, -0.2) is 37.1 Å². The van der Waals surface area contributed by atoms with Gasteiger partial charge >= 0.3 is 5.97 Å². The first kappa shape index (κ1) is 16.4. The number of aliphatic carboxylic acids is 1. The Hall–Kier alpha value is -3.49. The Bertz CT molecular complexity index is 913. The lowest BCUT2D eigenvalue weighted by molar-refractivity contribution is -0.138. The number of nitrogens with one attached hydrogen (secondary N) is 1. The average Bonchev–Trinajstić information content (AvgIpc) is 3.23. The monoisotopic (exact) mass is 341 g/mol. The number of hydrogen-bond acceptors (Lipinski definition) is 6. The molecule has 9 nitrogen and oxygen atoms in total. The molecule has 0 fully saturated rings. The molecule has 0 aliphatic rings. The molecular weight excluding hydrogens is 326 g/mol. The van der Waals surface area contributed by atoms with E-state index in [1.807, 2.05) is 0 Å². The van der Waals surface area contributed by atoms with E-state index in [0.717, 1.165) is 0 Å². The van der Waals surface area contributed by atoms with Gasteiger partial charge in [0.05, 0.1) is 12.1 Å². The summed E-state index contributed by atoms with van der Waals surface area (Å²) in [6.07, 6.45) is 1.64. The summed E-state index contributed by atoms with van der Waals surface area (Å²) in [4.78, 5) is 23.2. The van der Waals surface area contributed by atoms with Crippen LogP contribution in [0, 0.1) is 0 Å². The van der Waals surface area contributed by atoms with E-state index in [2.05, 4.69) is 20.8 Å². The molecule has 2 aromatic heterocycles. The highest BCUT2D eigenvalue weighted by atomic mass is 16.5. The number of carboxylic acids is 1. The van der Waals surface area contributed by atoms with Crippen LogP contribution in [-0.2, 0) is 11.8 Å². The minimum Gasteiger partial charge on any atom is -0.481 e. The normalized spacial score (nSPS) is 11.9. The predicted molar refractivity (Wildman–Crippen MR) is 86.9 cm³/mol. The summed E-state index contributed by atoms with van der Waals surface area (Å²) >= 11 is 0. The van der Waals surface area contributed by atoms with Gasteiger partial charge in [-0.3, -0.25) is 14.3 Å². The van der Waals surface area contributed by atoms with Crippen LogP contribution in [0.1, 0.15) is 28.9 Å². The van der Waals surface area contributed by atoms with Gasteiger partial charge in [-0.05, 0) is 24.6 Å². The van der Waals surface area contributed by atoms with Crippen LogP contribution in [0.15, 0.2) is 41.1 Å². The van der Waals surface area contributed by atoms with Gasteiger partial charge in [-0.2, -0.15) is 0 Å². The number of nitrogens with zero attached hydrogens (tertiary/aromatic N) is 4. The lowest BCUT2D eigenvalue weighted by Crippen LogP contribution is -2.12. The molecule has 2 N–H and O–H groups in total. The molecule has 0 radical (unpaired) electrons. The molecule has 0 saturated carbocycles. The number of carbonyl (C=O) groups is 2. The fourth-order valence-electron chi connectivity index (χ4n) is 2.16. The first-order valence-corrected chi connectivity index (χ1v) is 7.41. The number of carboxylic acid groups (broad SMARTS) is 1. The van der Waals surface area contributed by atoms with Gasteiger partial charge in [0.25, 0.3) is 5.91 Å². The van der Waals surface area contributed by atoms with Crippen molar-refractivity contribution in [3.8, 4) is 11.5 Å². The Morgan fingerprint density at radius 2 is 2.00 bits per heavy atom. The molecule has 1 atom stereocenters. The second kappa shape index (κ2) is 6.56. The second-order valence-electron chi connectivity index (χ2n) is 5.49. The molecule has 0 aliphatic heterocycles. The van der Waals surface area contributed by atoms with Gasteiger partial charge in [0.15, 0.2) is 17.1 Å². The van der Waals surface area contributed by atoms with Gasteiger partial charge in [0, 0.05) is 18.8 Å². The summed E-state index contributed by atoms with van der Waals surface area (Å²) in [5.74, 6) is -1.63. The third kappa shape index (κ3) is 3.55. The van der Waals surface area contributed by atoms with Crippen molar-refractivity contribution in [3.63, 3.8) is 0 Å². The van der Waals surface area contributed by atoms with Crippen LogP contribution in [0.5, 0.6) is 0 Å². The largest absolute Gasteiger partial charge is 0.481 e. The first-order chi connectivity index (χ1) is 11.9. The molecule has 128 valence electrons. The van der Waals surface area contributed by atoms with Crippen molar-refractivity contribution < 1.29 is 19.2 Å². The molecule has 0 saturated heterocycles. The van der Waals surface area contributed by atoms with Crippen molar-refractivity contribution in [1.82, 2.24) is 20.2 Å². The van der Waals surface area contributed by atoms with E-state index < -0.39 is 17.8 Å². The molecule has 0 aliphatic carbocycles. The molecule has 0 spiro atoms. The lowest BCUT2D eigenvalue weighted by atomic mass is 10.0. The van der Waals surface area contributed by atoms with Crippen LogP contribution in [0.3, 0.4) is 0 Å². The minimum atomic E-state index is -0.907. The fourth-order valence-corrected chi connectivity index (χ4v) is 2.16. The summed E-state index contributed by atoms with van der Waals surface area (Å²) in [5, 5.41) is 23.1. The van der Waals surface area contributed by atoms with Crippen molar-refractivity contribution >= 4 is 17.6 Å². The maximum absolute atomic E-state index is 12.2. The number of carbonyl (C=O) groups excluding carboxylic acids is 1. The number of rotatable bonds is 5. The Morgan fingerprint density at radius 3 is 2.60 bits per heavy atom. The minimum absolute atomic E-state index is 0.101. The molecule has 1 aromatic carbocycles. The van der Waals surface area contributed by atoms with E-state index in [4.69, 9.17) is 9.63 Å². The van der Waals surface area contributed by atoms with Crippen molar-refractivity contribution in [2.45, 2.75) is 12.8 Å². The molecule has 2 heterocycles.